The van der Waals surface area contributed by atoms with Gasteiger partial charge >= 0.3 is 5.97 Å². The van der Waals surface area contributed by atoms with E-state index in [1.165, 1.54) is 38.5 Å². The van der Waals surface area contributed by atoms with Crippen LogP contribution in [0.25, 0.3) is 0 Å². The number of hydrogen-bond acceptors (Lipinski definition) is 1. The number of hydrogen-bond donors (Lipinski definition) is 1. The lowest BCUT2D eigenvalue weighted by Gasteiger charge is -2.62. The lowest BCUT2D eigenvalue weighted by molar-refractivity contribution is -0.137. The molecule has 0 bridgehead atoms. The van der Waals surface area contributed by atoms with E-state index in [9.17, 15) is 4.79 Å². The van der Waals surface area contributed by atoms with Gasteiger partial charge in [0.2, 0.25) is 0 Å². The maximum Gasteiger partial charge on any atom is 0.303 e. The molecule has 0 aliphatic heterocycles. The highest BCUT2D eigenvalue weighted by atomic mass is 16.4. The molecule has 2 saturated carbocycles. The van der Waals surface area contributed by atoms with E-state index in [-0.39, 0.29) is 5.41 Å². The minimum atomic E-state index is -0.653. The average molecular weight is 373 g/mol. The van der Waals surface area contributed by atoms with Gasteiger partial charge in [0.25, 0.3) is 0 Å². The molecule has 1 N–H and O–H groups in total. The second kappa shape index (κ2) is 7.41. The molecule has 0 saturated heterocycles. The molecule has 2 nitrogen and oxygen atoms in total. The summed E-state index contributed by atoms with van der Waals surface area (Å²) in [5, 5.41) is 8.97. The van der Waals surface area contributed by atoms with E-state index in [1.807, 2.05) is 0 Å². The van der Waals surface area contributed by atoms with Crippen molar-refractivity contribution in [3.63, 3.8) is 0 Å². The molecule has 0 amide bonds. The minimum Gasteiger partial charge on any atom is -0.481 e. The van der Waals surface area contributed by atoms with Crippen molar-refractivity contribution in [1.82, 2.24) is 0 Å². The van der Waals surface area contributed by atoms with Crippen LogP contribution in [-0.2, 0) is 4.79 Å². The zero-order valence-corrected chi connectivity index (χ0v) is 18.0. The Morgan fingerprint density at radius 3 is 2.63 bits per heavy atom. The number of carboxylic acid groups (broad SMARTS) is 1. The number of unbranched alkanes of at least 4 members (excludes halogenated alkanes) is 1. The lowest BCUT2D eigenvalue weighted by atomic mass is 9.43. The van der Waals surface area contributed by atoms with E-state index in [4.69, 9.17) is 5.11 Å². The molecule has 0 spiro atoms. The average Bonchev–Trinajstić information content (AvgIpc) is 2.59. The minimum absolute atomic E-state index is 0.262. The van der Waals surface area contributed by atoms with Crippen molar-refractivity contribution < 1.29 is 9.90 Å². The third-order valence-corrected chi connectivity index (χ3v) is 8.71. The predicted molar refractivity (Wildman–Crippen MR) is 113 cm³/mol. The number of fused-ring (bicyclic) bond motifs is 3. The highest BCUT2D eigenvalue weighted by Crippen LogP contribution is 2.66. The van der Waals surface area contributed by atoms with Crippen molar-refractivity contribution in [2.24, 2.45) is 34.0 Å². The van der Waals surface area contributed by atoms with Gasteiger partial charge in [-0.05, 0) is 85.4 Å². The van der Waals surface area contributed by atoms with Gasteiger partial charge in [-0.2, -0.15) is 0 Å². The number of aliphatic carboxylic acids is 1. The van der Waals surface area contributed by atoms with Crippen LogP contribution in [-0.4, -0.2) is 11.1 Å². The lowest BCUT2D eigenvalue weighted by Crippen LogP contribution is -2.53. The first-order chi connectivity index (χ1) is 12.6. The Labute approximate surface area is 166 Å². The summed E-state index contributed by atoms with van der Waals surface area (Å²) in [7, 11) is 0. The maximum absolute atomic E-state index is 10.9. The zero-order chi connectivity index (χ0) is 19.9. The second-order valence-electron chi connectivity index (χ2n) is 10.9. The molecule has 2 fully saturated rings. The van der Waals surface area contributed by atoms with Crippen LogP contribution in [0.4, 0.5) is 0 Å². The summed E-state index contributed by atoms with van der Waals surface area (Å²) in [5.74, 6) is 1.55. The normalized spacial score (nSPS) is 40.4. The number of allylic oxidation sites excluding steroid dienone is 3. The Kier molecular flexibility index (Phi) is 5.67. The molecule has 0 heterocycles. The smallest absolute Gasteiger partial charge is 0.303 e. The number of rotatable bonds is 6. The Morgan fingerprint density at radius 1 is 1.22 bits per heavy atom. The largest absolute Gasteiger partial charge is 0.481 e. The summed E-state index contributed by atoms with van der Waals surface area (Å²) >= 11 is 0. The van der Waals surface area contributed by atoms with Crippen LogP contribution in [0.15, 0.2) is 24.3 Å². The third kappa shape index (κ3) is 3.78. The first-order valence-electron chi connectivity index (χ1n) is 11.2. The van der Waals surface area contributed by atoms with Crippen molar-refractivity contribution in [1.29, 1.82) is 0 Å². The van der Waals surface area contributed by atoms with Gasteiger partial charge in [0.1, 0.15) is 0 Å². The monoisotopic (exact) mass is 372 g/mol. The van der Waals surface area contributed by atoms with Gasteiger partial charge in [0.15, 0.2) is 0 Å². The van der Waals surface area contributed by atoms with Crippen molar-refractivity contribution in [2.75, 3.05) is 0 Å². The van der Waals surface area contributed by atoms with Gasteiger partial charge in [-0.3, -0.25) is 4.79 Å². The molecule has 1 unspecified atom stereocenters. The van der Waals surface area contributed by atoms with Gasteiger partial charge < -0.3 is 5.11 Å². The van der Waals surface area contributed by atoms with Crippen molar-refractivity contribution in [3.8, 4) is 0 Å². The molecule has 3 aliphatic rings. The predicted octanol–water partition coefficient (Wildman–Crippen LogP) is 7.01. The van der Waals surface area contributed by atoms with Gasteiger partial charge in [-0.25, -0.2) is 0 Å². The summed E-state index contributed by atoms with van der Waals surface area (Å²) in [5.41, 5.74) is 2.74. The van der Waals surface area contributed by atoms with Gasteiger partial charge in [-0.1, -0.05) is 51.8 Å². The van der Waals surface area contributed by atoms with Crippen LogP contribution in [0, 0.1) is 34.0 Å². The molecular weight excluding hydrogens is 332 g/mol. The summed E-state index contributed by atoms with van der Waals surface area (Å²) < 4.78 is 0. The maximum atomic E-state index is 10.9. The highest BCUT2D eigenvalue weighted by molar-refractivity contribution is 5.66. The zero-order valence-electron chi connectivity index (χ0n) is 18.0. The van der Waals surface area contributed by atoms with Crippen molar-refractivity contribution in [3.05, 3.63) is 24.3 Å². The molecule has 0 radical (unpaired) electrons. The first-order valence-corrected chi connectivity index (χ1v) is 11.2. The third-order valence-electron chi connectivity index (χ3n) is 8.71. The molecular formula is C25H40O2. The van der Waals surface area contributed by atoms with Crippen LogP contribution < -0.4 is 0 Å². The van der Waals surface area contributed by atoms with Gasteiger partial charge in [-0.15, -0.1) is 6.58 Å². The number of carbonyl (C=O) groups is 1. The molecule has 0 aromatic carbocycles. The SMILES string of the molecule is C=C[C@]1(C)CC=C2[C@@H](CC[C@H]3C(C)(C)CCC(CCCCC(=O)O)[C@]23C)C1. The second-order valence-corrected chi connectivity index (χ2v) is 10.9. The topological polar surface area (TPSA) is 37.3 Å². The van der Waals surface area contributed by atoms with E-state index < -0.39 is 5.97 Å². The first kappa shape index (κ1) is 20.7. The number of carboxylic acids is 1. The summed E-state index contributed by atoms with van der Waals surface area (Å²) in [4.78, 5) is 10.9. The molecule has 27 heavy (non-hydrogen) atoms. The van der Waals surface area contributed by atoms with Crippen molar-refractivity contribution in [2.45, 2.75) is 91.9 Å². The van der Waals surface area contributed by atoms with Crippen LogP contribution >= 0.6 is 0 Å². The molecule has 3 rings (SSSR count). The fourth-order valence-corrected chi connectivity index (χ4v) is 7.07. The molecule has 5 atom stereocenters. The van der Waals surface area contributed by atoms with E-state index >= 15 is 0 Å². The summed E-state index contributed by atoms with van der Waals surface area (Å²) in [6.07, 6.45) is 15.9. The Hall–Kier alpha value is -1.05. The van der Waals surface area contributed by atoms with Crippen molar-refractivity contribution >= 4 is 5.97 Å². The summed E-state index contributed by atoms with van der Waals surface area (Å²) in [6, 6.07) is 0. The Bertz CT molecular complexity index is 616. The fourth-order valence-electron chi connectivity index (χ4n) is 7.07. The van der Waals surface area contributed by atoms with E-state index in [0.29, 0.717) is 23.2 Å². The van der Waals surface area contributed by atoms with Crippen LogP contribution in [0.5, 0.6) is 0 Å². The molecule has 2 heteroatoms. The molecule has 152 valence electrons. The van der Waals surface area contributed by atoms with Gasteiger partial charge in [0, 0.05) is 6.42 Å². The van der Waals surface area contributed by atoms with E-state index in [1.54, 1.807) is 5.57 Å². The molecule has 3 aliphatic carbocycles. The molecule has 0 aromatic rings. The van der Waals surface area contributed by atoms with E-state index in [0.717, 1.165) is 31.1 Å². The van der Waals surface area contributed by atoms with Crippen LogP contribution in [0.3, 0.4) is 0 Å². The standard InChI is InChI=1S/C25H40O2/c1-6-24(4)16-14-20-18(17-24)11-12-21-23(2,3)15-13-19(25(20,21)5)9-7-8-10-22(26)27/h6,14,18-19,21H,1,7-13,15-17H2,2-5H3,(H,26,27)/t18-,19?,21-,24+,25+/m0/s1. The van der Waals surface area contributed by atoms with Gasteiger partial charge in [0.05, 0.1) is 0 Å². The fraction of sp³-hybridized carbons (Fsp3) is 0.800. The molecule has 0 aromatic heterocycles. The Morgan fingerprint density at radius 2 is 1.96 bits per heavy atom. The quantitative estimate of drug-likeness (QED) is 0.402. The Balaban J connectivity index is 1.86. The highest BCUT2D eigenvalue weighted by Gasteiger charge is 2.57. The van der Waals surface area contributed by atoms with Crippen LogP contribution in [0.1, 0.15) is 91.9 Å². The van der Waals surface area contributed by atoms with E-state index in [2.05, 4.69) is 46.4 Å². The summed E-state index contributed by atoms with van der Waals surface area (Å²) in [6.45, 7) is 14.1. The van der Waals surface area contributed by atoms with Crippen LogP contribution in [0.2, 0.25) is 0 Å².